The van der Waals surface area contributed by atoms with E-state index in [2.05, 4.69) is 13.8 Å². The van der Waals surface area contributed by atoms with Crippen LogP contribution >= 0.6 is 23.2 Å². The molecule has 5 aliphatic carbocycles. The molecule has 0 aromatic carbocycles. The Morgan fingerprint density at radius 2 is 0.824 bits per heavy atom. The highest BCUT2D eigenvalue weighted by Gasteiger charge is 2.72. The van der Waals surface area contributed by atoms with Crippen molar-refractivity contribution in [2.24, 2.45) is 46.3 Å². The molecule has 0 aliphatic heterocycles. The van der Waals surface area contributed by atoms with Crippen molar-refractivity contribution in [1.29, 1.82) is 0 Å². The molecule has 0 nitrogen and oxygen atoms in total. The first-order valence-corrected chi connectivity index (χ1v) is 16.6. The normalized spacial score (nSPS) is 46.9. The van der Waals surface area contributed by atoms with E-state index < -0.39 is 4.33 Å². The Morgan fingerprint density at radius 1 is 0.500 bits per heavy atom. The fourth-order valence-electron chi connectivity index (χ4n) is 10.3. The highest BCUT2D eigenvalue weighted by molar-refractivity contribution is 6.50. The molecular formula is C32H54Cl2. The van der Waals surface area contributed by atoms with Crippen molar-refractivity contribution in [3.8, 4) is 0 Å². The highest BCUT2D eigenvalue weighted by atomic mass is 35.5. The van der Waals surface area contributed by atoms with E-state index in [9.17, 15) is 0 Å². The summed E-state index contributed by atoms with van der Waals surface area (Å²) in [7, 11) is 0. The molecular weight excluding hydrogens is 455 g/mol. The molecule has 196 valence electrons. The maximum absolute atomic E-state index is 7.42. The monoisotopic (exact) mass is 508 g/mol. The number of halogens is 2. The Morgan fingerprint density at radius 3 is 1.12 bits per heavy atom. The Balaban J connectivity index is 1.09. The molecule has 0 N–H and O–H groups in total. The van der Waals surface area contributed by atoms with Gasteiger partial charge < -0.3 is 0 Å². The second kappa shape index (κ2) is 10.8. The fraction of sp³-hybridized carbons (Fsp3) is 1.00. The van der Waals surface area contributed by atoms with Crippen LogP contribution in [0.2, 0.25) is 0 Å². The molecule has 0 aromatic heterocycles. The summed E-state index contributed by atoms with van der Waals surface area (Å²) in [5.41, 5.74) is 0.494. The van der Waals surface area contributed by atoms with Gasteiger partial charge in [0.25, 0.3) is 0 Å². The topological polar surface area (TPSA) is 0 Å². The lowest BCUT2D eigenvalue weighted by Crippen LogP contribution is -2.66. The Kier molecular flexibility index (Phi) is 8.28. The average molecular weight is 510 g/mol. The van der Waals surface area contributed by atoms with Gasteiger partial charge in [0, 0.05) is 10.8 Å². The average Bonchev–Trinajstić information content (AvgIpc) is 2.86. The van der Waals surface area contributed by atoms with E-state index in [1.54, 1.807) is 0 Å². The van der Waals surface area contributed by atoms with Gasteiger partial charge >= 0.3 is 0 Å². The molecule has 2 heteroatoms. The molecule has 5 fully saturated rings. The number of rotatable bonds is 6. The number of alkyl halides is 2. The van der Waals surface area contributed by atoms with E-state index in [4.69, 9.17) is 23.2 Å². The van der Waals surface area contributed by atoms with Crippen LogP contribution in [0.5, 0.6) is 0 Å². The van der Waals surface area contributed by atoms with Crippen LogP contribution in [0.1, 0.15) is 149 Å². The van der Waals surface area contributed by atoms with E-state index in [0.717, 1.165) is 35.5 Å². The summed E-state index contributed by atoms with van der Waals surface area (Å²) in [6, 6.07) is 0. The van der Waals surface area contributed by atoms with Crippen LogP contribution in [-0.4, -0.2) is 4.33 Å². The van der Waals surface area contributed by atoms with Crippen LogP contribution in [-0.2, 0) is 0 Å². The van der Waals surface area contributed by atoms with Gasteiger partial charge in [0.2, 0.25) is 0 Å². The molecule has 0 saturated heterocycles. The summed E-state index contributed by atoms with van der Waals surface area (Å²) < 4.78 is -0.451. The molecule has 0 bridgehead atoms. The largest absolute Gasteiger partial charge is 0.129 e. The zero-order valence-electron chi connectivity index (χ0n) is 22.6. The summed E-state index contributed by atoms with van der Waals surface area (Å²) in [6.45, 7) is 4.71. The fourth-order valence-corrected chi connectivity index (χ4v) is 11.4. The molecule has 0 atom stereocenters. The quantitative estimate of drug-likeness (QED) is 0.312. The molecule has 0 aromatic rings. The molecule has 0 amide bonds. The van der Waals surface area contributed by atoms with Gasteiger partial charge in [-0.15, -0.1) is 23.2 Å². The van der Waals surface area contributed by atoms with Crippen molar-refractivity contribution in [3.63, 3.8) is 0 Å². The van der Waals surface area contributed by atoms with E-state index in [1.807, 2.05) is 0 Å². The van der Waals surface area contributed by atoms with Gasteiger partial charge in [0.05, 0.1) is 0 Å². The summed E-state index contributed by atoms with van der Waals surface area (Å²) in [6.07, 6.45) is 29.9. The third kappa shape index (κ3) is 4.76. The van der Waals surface area contributed by atoms with Crippen molar-refractivity contribution in [3.05, 3.63) is 0 Å². The molecule has 0 unspecified atom stereocenters. The molecule has 2 spiro atoms. The first-order chi connectivity index (χ1) is 16.4. The molecule has 5 saturated carbocycles. The van der Waals surface area contributed by atoms with Crippen LogP contribution in [0.3, 0.4) is 0 Å². The maximum atomic E-state index is 7.42. The Labute approximate surface area is 222 Å². The lowest BCUT2D eigenvalue weighted by atomic mass is 9.42. The minimum Gasteiger partial charge on any atom is -0.100 e. The zero-order valence-corrected chi connectivity index (χ0v) is 24.1. The van der Waals surface area contributed by atoms with Gasteiger partial charge in [-0.1, -0.05) is 65.2 Å². The van der Waals surface area contributed by atoms with Crippen molar-refractivity contribution < 1.29 is 0 Å². The third-order valence-electron chi connectivity index (χ3n) is 12.5. The first kappa shape index (κ1) is 26.2. The predicted octanol–water partition coefficient (Wildman–Crippen LogP) is 11.1. The van der Waals surface area contributed by atoms with Crippen LogP contribution in [0, 0.1) is 46.3 Å². The summed E-state index contributed by atoms with van der Waals surface area (Å²) >= 11 is 14.8. The molecule has 0 radical (unpaired) electrons. The molecule has 5 aliphatic rings. The van der Waals surface area contributed by atoms with Crippen LogP contribution in [0.4, 0.5) is 0 Å². The lowest BCUT2D eigenvalue weighted by molar-refractivity contribution is -0.122. The standard InChI is InChI=1S/C32H54Cl2/c1-3-5-24-7-11-26(12-8-24)28-15-19-30(20-16-28)23-31(32(30,33)34)21-17-29(18-22-31)27-13-9-25(6-4-2)10-14-27/h24-29H,3-23H2,1-2H3. The Hall–Kier alpha value is 0.580. The van der Waals surface area contributed by atoms with Crippen LogP contribution < -0.4 is 0 Å². The van der Waals surface area contributed by atoms with Gasteiger partial charge in [0.15, 0.2) is 0 Å². The van der Waals surface area contributed by atoms with Gasteiger partial charge in [-0.2, -0.15) is 0 Å². The molecule has 0 heterocycles. The van der Waals surface area contributed by atoms with Crippen LogP contribution in [0.25, 0.3) is 0 Å². The molecule has 5 rings (SSSR count). The minimum absolute atomic E-state index is 0.247. The summed E-state index contributed by atoms with van der Waals surface area (Å²) in [5.74, 6) is 6.00. The van der Waals surface area contributed by atoms with Gasteiger partial charge in [-0.05, 0) is 119 Å². The van der Waals surface area contributed by atoms with Crippen molar-refractivity contribution in [1.82, 2.24) is 0 Å². The van der Waals surface area contributed by atoms with E-state index in [1.165, 1.54) is 135 Å². The predicted molar refractivity (Wildman–Crippen MR) is 149 cm³/mol. The second-order valence-electron chi connectivity index (χ2n) is 14.1. The zero-order chi connectivity index (χ0) is 23.8. The van der Waals surface area contributed by atoms with Crippen molar-refractivity contribution in [2.45, 2.75) is 153 Å². The summed E-state index contributed by atoms with van der Waals surface area (Å²) in [5, 5.41) is 0. The van der Waals surface area contributed by atoms with E-state index >= 15 is 0 Å². The smallest absolute Gasteiger partial charge is 0.100 e. The second-order valence-corrected chi connectivity index (χ2v) is 15.5. The van der Waals surface area contributed by atoms with E-state index in [-0.39, 0.29) is 10.8 Å². The minimum atomic E-state index is -0.451. The van der Waals surface area contributed by atoms with Gasteiger partial charge in [-0.25, -0.2) is 0 Å². The number of hydrogen-bond donors (Lipinski definition) is 0. The Bertz CT molecular complexity index is 582. The van der Waals surface area contributed by atoms with Crippen LogP contribution in [0.15, 0.2) is 0 Å². The molecule has 34 heavy (non-hydrogen) atoms. The van der Waals surface area contributed by atoms with Crippen molar-refractivity contribution >= 4 is 23.2 Å². The van der Waals surface area contributed by atoms with E-state index in [0.29, 0.717) is 0 Å². The van der Waals surface area contributed by atoms with Crippen molar-refractivity contribution in [2.75, 3.05) is 0 Å². The lowest BCUT2D eigenvalue weighted by Gasteiger charge is -2.69. The third-order valence-corrected chi connectivity index (χ3v) is 14.1. The first-order valence-electron chi connectivity index (χ1n) is 15.8. The maximum Gasteiger partial charge on any atom is 0.129 e. The highest BCUT2D eigenvalue weighted by Crippen LogP contribution is 2.77. The van der Waals surface area contributed by atoms with Gasteiger partial charge in [0.1, 0.15) is 4.33 Å². The number of hydrogen-bond acceptors (Lipinski definition) is 0. The summed E-state index contributed by atoms with van der Waals surface area (Å²) in [4.78, 5) is 0. The SMILES string of the molecule is CCCC1CCC(C2CCC3(CC2)CC2(CCC(C4CCC(CCC)CC4)CC2)C3(Cl)Cl)CC1. The van der Waals surface area contributed by atoms with Gasteiger partial charge in [-0.3, -0.25) is 0 Å².